The number of carbonyl (C=O) groups is 5. The van der Waals surface area contributed by atoms with E-state index in [0.717, 1.165) is 0 Å². The number of nitrogens with one attached hydrogen (secondary N) is 4. The van der Waals surface area contributed by atoms with E-state index in [4.69, 9.17) is 11.5 Å². The summed E-state index contributed by atoms with van der Waals surface area (Å²) < 4.78 is 0. The van der Waals surface area contributed by atoms with E-state index >= 15 is 0 Å². The van der Waals surface area contributed by atoms with Gasteiger partial charge in [0.1, 0.15) is 18.1 Å². The predicted molar refractivity (Wildman–Crippen MR) is 116 cm³/mol. The summed E-state index contributed by atoms with van der Waals surface area (Å²) in [7, 11) is 0. The van der Waals surface area contributed by atoms with Crippen LogP contribution in [0.5, 0.6) is 0 Å². The molecule has 1 aromatic rings. The normalized spacial score (nSPS) is 14.5. The van der Waals surface area contributed by atoms with Crippen LogP contribution in [0.25, 0.3) is 0 Å². The number of amides is 4. The molecule has 0 aliphatic rings. The van der Waals surface area contributed by atoms with Gasteiger partial charge in [0.05, 0.1) is 18.8 Å². The van der Waals surface area contributed by atoms with Crippen molar-refractivity contribution >= 4 is 41.4 Å². The third-order valence-corrected chi connectivity index (χ3v) is 4.93. The van der Waals surface area contributed by atoms with E-state index < -0.39 is 60.2 Å². The molecule has 178 valence electrons. The Balaban J connectivity index is 2.99. The standard InChI is InChI=1S/C18H29N7O6S/c1-9(19)15(27)24-12(5-10-7-21-8-22-10)16(28)25-13(6-14(20)26)17(29)23-11(18(30)31)3-4-32-2/h7-9,11-13H,3-6,19H2,1-2H3,(H2,20,26)(H,21,22)(H,23,29)(H,24,27)(H,25,28)(H,30,31). The van der Waals surface area contributed by atoms with Gasteiger partial charge >= 0.3 is 5.97 Å². The zero-order chi connectivity index (χ0) is 24.3. The first kappa shape index (κ1) is 26.9. The van der Waals surface area contributed by atoms with Crippen molar-refractivity contribution in [1.82, 2.24) is 25.9 Å². The quantitative estimate of drug-likeness (QED) is 0.152. The lowest BCUT2D eigenvalue weighted by molar-refractivity contribution is -0.142. The molecule has 13 nitrogen and oxygen atoms in total. The Hall–Kier alpha value is -3.13. The van der Waals surface area contributed by atoms with Crippen molar-refractivity contribution in [3.05, 3.63) is 18.2 Å². The third-order valence-electron chi connectivity index (χ3n) is 4.29. The maximum Gasteiger partial charge on any atom is 0.326 e. The van der Waals surface area contributed by atoms with Crippen LogP contribution in [0.2, 0.25) is 0 Å². The number of primary amides is 1. The van der Waals surface area contributed by atoms with Crippen LogP contribution in [0.4, 0.5) is 0 Å². The molecule has 0 aliphatic heterocycles. The lowest BCUT2D eigenvalue weighted by Gasteiger charge is -2.24. The van der Waals surface area contributed by atoms with E-state index in [-0.39, 0.29) is 12.8 Å². The average Bonchev–Trinajstić information content (AvgIpc) is 3.22. The van der Waals surface area contributed by atoms with Gasteiger partial charge in [0.15, 0.2) is 0 Å². The molecule has 1 heterocycles. The van der Waals surface area contributed by atoms with Crippen molar-refractivity contribution < 1.29 is 29.1 Å². The summed E-state index contributed by atoms with van der Waals surface area (Å²) in [6.07, 6.45) is 4.21. The lowest BCUT2D eigenvalue weighted by Crippen LogP contribution is -2.58. The maximum absolute atomic E-state index is 12.9. The number of aromatic amines is 1. The van der Waals surface area contributed by atoms with E-state index in [9.17, 15) is 29.1 Å². The summed E-state index contributed by atoms with van der Waals surface area (Å²) in [5.74, 6) is -3.94. The van der Waals surface area contributed by atoms with Crippen LogP contribution in [0.1, 0.15) is 25.5 Å². The summed E-state index contributed by atoms with van der Waals surface area (Å²) in [5, 5.41) is 16.4. The van der Waals surface area contributed by atoms with E-state index in [1.807, 2.05) is 0 Å². The largest absolute Gasteiger partial charge is 0.480 e. The van der Waals surface area contributed by atoms with Gasteiger partial charge < -0.3 is 37.5 Å². The zero-order valence-corrected chi connectivity index (χ0v) is 18.6. The minimum atomic E-state index is -1.44. The van der Waals surface area contributed by atoms with Gasteiger partial charge in [-0.3, -0.25) is 19.2 Å². The van der Waals surface area contributed by atoms with Crippen LogP contribution in [-0.2, 0) is 30.4 Å². The van der Waals surface area contributed by atoms with E-state index in [1.165, 1.54) is 31.2 Å². The van der Waals surface area contributed by atoms with Crippen LogP contribution >= 0.6 is 11.8 Å². The lowest BCUT2D eigenvalue weighted by atomic mass is 10.1. The number of rotatable bonds is 14. The number of hydrogen-bond donors (Lipinski definition) is 7. The molecule has 0 aliphatic carbocycles. The van der Waals surface area contributed by atoms with E-state index in [0.29, 0.717) is 11.4 Å². The van der Waals surface area contributed by atoms with Crippen LogP contribution in [0.15, 0.2) is 12.5 Å². The van der Waals surface area contributed by atoms with Gasteiger partial charge in [-0.15, -0.1) is 0 Å². The monoisotopic (exact) mass is 471 g/mol. The minimum absolute atomic E-state index is 0.000672. The average molecular weight is 472 g/mol. The molecule has 0 saturated carbocycles. The molecule has 14 heteroatoms. The van der Waals surface area contributed by atoms with E-state index in [2.05, 4.69) is 25.9 Å². The molecular weight excluding hydrogens is 442 g/mol. The Morgan fingerprint density at radius 1 is 1.09 bits per heavy atom. The predicted octanol–water partition coefficient (Wildman–Crippen LogP) is -2.53. The topological polar surface area (TPSA) is 222 Å². The van der Waals surface area contributed by atoms with Gasteiger partial charge in [-0.25, -0.2) is 9.78 Å². The van der Waals surface area contributed by atoms with Crippen molar-refractivity contribution in [2.24, 2.45) is 11.5 Å². The van der Waals surface area contributed by atoms with Crippen LogP contribution in [0.3, 0.4) is 0 Å². The molecule has 0 spiro atoms. The van der Waals surface area contributed by atoms with Gasteiger partial charge in [0.25, 0.3) is 0 Å². The Labute approximate surface area is 188 Å². The first-order valence-corrected chi connectivity index (χ1v) is 11.1. The van der Waals surface area contributed by atoms with Gasteiger partial charge in [-0.1, -0.05) is 0 Å². The number of hydrogen-bond acceptors (Lipinski definition) is 8. The second kappa shape index (κ2) is 13.3. The van der Waals surface area contributed by atoms with Crippen LogP contribution in [0, 0.1) is 0 Å². The number of aromatic nitrogens is 2. The molecule has 9 N–H and O–H groups in total. The molecule has 4 unspecified atom stereocenters. The van der Waals surface area contributed by atoms with Gasteiger partial charge in [0, 0.05) is 18.3 Å². The van der Waals surface area contributed by atoms with Crippen molar-refractivity contribution in [3.63, 3.8) is 0 Å². The number of H-pyrrole nitrogens is 1. The summed E-state index contributed by atoms with van der Waals surface area (Å²) in [6.45, 7) is 1.43. The number of nitrogens with two attached hydrogens (primary N) is 2. The van der Waals surface area contributed by atoms with Crippen molar-refractivity contribution in [3.8, 4) is 0 Å². The number of carbonyl (C=O) groups excluding carboxylic acids is 4. The second-order valence-electron chi connectivity index (χ2n) is 7.04. The van der Waals surface area contributed by atoms with Crippen LogP contribution in [-0.4, -0.2) is 80.8 Å². The second-order valence-corrected chi connectivity index (χ2v) is 8.03. The summed E-state index contributed by atoms with van der Waals surface area (Å²) in [4.78, 5) is 67.0. The number of thioether (sulfide) groups is 1. The number of carboxylic acids is 1. The van der Waals surface area contributed by atoms with Gasteiger partial charge in [-0.05, 0) is 25.4 Å². The fraction of sp³-hybridized carbons (Fsp3) is 0.556. The van der Waals surface area contributed by atoms with Crippen molar-refractivity contribution in [2.75, 3.05) is 12.0 Å². The smallest absolute Gasteiger partial charge is 0.326 e. The SMILES string of the molecule is CSCCC(NC(=O)C(CC(N)=O)NC(=O)C(Cc1cnc[nH]1)NC(=O)C(C)N)C(=O)O. The van der Waals surface area contributed by atoms with Crippen molar-refractivity contribution in [2.45, 2.75) is 50.4 Å². The summed E-state index contributed by atoms with van der Waals surface area (Å²) in [6, 6.07) is -4.69. The first-order valence-electron chi connectivity index (χ1n) is 9.69. The summed E-state index contributed by atoms with van der Waals surface area (Å²) >= 11 is 1.40. The molecule has 4 atom stereocenters. The molecule has 4 amide bonds. The highest BCUT2D eigenvalue weighted by atomic mass is 32.2. The van der Waals surface area contributed by atoms with E-state index in [1.54, 1.807) is 6.26 Å². The number of aliphatic carboxylic acids is 1. The van der Waals surface area contributed by atoms with Gasteiger partial charge in [0.2, 0.25) is 23.6 Å². The van der Waals surface area contributed by atoms with Crippen molar-refractivity contribution in [1.29, 1.82) is 0 Å². The molecule has 0 bridgehead atoms. The number of imidazole rings is 1. The van der Waals surface area contributed by atoms with Gasteiger partial charge in [-0.2, -0.15) is 11.8 Å². The number of carboxylic acid groups (broad SMARTS) is 1. The fourth-order valence-electron chi connectivity index (χ4n) is 2.58. The summed E-state index contributed by atoms with van der Waals surface area (Å²) in [5.41, 5.74) is 11.3. The maximum atomic E-state index is 12.9. The zero-order valence-electron chi connectivity index (χ0n) is 17.8. The molecule has 0 fully saturated rings. The Morgan fingerprint density at radius 3 is 2.19 bits per heavy atom. The first-order chi connectivity index (χ1) is 15.0. The Morgan fingerprint density at radius 2 is 1.69 bits per heavy atom. The molecular formula is C18H29N7O6S. The Kier molecular flexibility index (Phi) is 11.2. The Bertz CT molecular complexity index is 802. The molecule has 1 aromatic heterocycles. The van der Waals surface area contributed by atoms with Crippen LogP contribution < -0.4 is 27.4 Å². The minimum Gasteiger partial charge on any atom is -0.480 e. The third kappa shape index (κ3) is 9.34. The highest BCUT2D eigenvalue weighted by Crippen LogP contribution is 2.05. The number of nitrogens with zero attached hydrogens (tertiary/aromatic N) is 1. The molecule has 32 heavy (non-hydrogen) atoms. The fourth-order valence-corrected chi connectivity index (χ4v) is 3.05. The highest BCUT2D eigenvalue weighted by Gasteiger charge is 2.31. The highest BCUT2D eigenvalue weighted by molar-refractivity contribution is 7.98. The molecule has 0 saturated heterocycles. The molecule has 1 rings (SSSR count). The molecule has 0 radical (unpaired) electrons. The molecule has 0 aromatic carbocycles.